The normalized spacial score (nSPS) is 18.7. The highest BCUT2D eigenvalue weighted by atomic mass is 32.2. The van der Waals surface area contributed by atoms with Gasteiger partial charge in [0, 0.05) is 25.7 Å². The first-order chi connectivity index (χ1) is 8.47. The zero-order valence-electron chi connectivity index (χ0n) is 11.6. The lowest BCUT2D eigenvalue weighted by molar-refractivity contribution is 0.254. The number of hydrogen-bond donors (Lipinski definition) is 2. The largest absolute Gasteiger partial charge is 0.329 e. The van der Waals surface area contributed by atoms with E-state index in [1.54, 1.807) is 4.31 Å². The van der Waals surface area contributed by atoms with Gasteiger partial charge in [-0.2, -0.15) is 12.7 Å². The van der Waals surface area contributed by atoms with Crippen molar-refractivity contribution < 1.29 is 8.42 Å². The molecule has 0 amide bonds. The van der Waals surface area contributed by atoms with Crippen molar-refractivity contribution in [1.82, 2.24) is 9.03 Å². The molecule has 0 spiro atoms. The van der Waals surface area contributed by atoms with Gasteiger partial charge in [-0.3, -0.25) is 0 Å². The van der Waals surface area contributed by atoms with E-state index in [1.165, 1.54) is 6.42 Å². The number of nitrogens with two attached hydrogens (primary N) is 1. The summed E-state index contributed by atoms with van der Waals surface area (Å²) < 4.78 is 28.8. The van der Waals surface area contributed by atoms with Crippen LogP contribution in [0.5, 0.6) is 0 Å². The molecular formula is C12H27N3O2S. The molecule has 1 fully saturated rings. The predicted molar refractivity (Wildman–Crippen MR) is 74.4 cm³/mol. The molecule has 0 aromatic heterocycles. The Morgan fingerprint density at radius 1 is 1.28 bits per heavy atom. The van der Waals surface area contributed by atoms with Crippen molar-refractivity contribution in [3.63, 3.8) is 0 Å². The zero-order valence-corrected chi connectivity index (χ0v) is 12.4. The van der Waals surface area contributed by atoms with Crippen LogP contribution >= 0.6 is 0 Å². The van der Waals surface area contributed by atoms with Crippen LogP contribution in [0.25, 0.3) is 0 Å². The lowest BCUT2D eigenvalue weighted by Crippen LogP contribution is -2.49. The molecule has 6 heteroatoms. The minimum absolute atomic E-state index is 0.131. The maximum absolute atomic E-state index is 12.3. The molecule has 0 aromatic carbocycles. The van der Waals surface area contributed by atoms with Crippen molar-refractivity contribution >= 4 is 10.2 Å². The molecule has 1 aliphatic rings. The van der Waals surface area contributed by atoms with E-state index in [9.17, 15) is 8.42 Å². The molecule has 0 aromatic rings. The third kappa shape index (κ3) is 4.84. The molecule has 108 valence electrons. The van der Waals surface area contributed by atoms with Gasteiger partial charge in [0.15, 0.2) is 0 Å². The van der Waals surface area contributed by atoms with Gasteiger partial charge in [0.05, 0.1) is 0 Å². The summed E-state index contributed by atoms with van der Waals surface area (Å²) >= 11 is 0. The van der Waals surface area contributed by atoms with Gasteiger partial charge in [-0.25, -0.2) is 4.72 Å². The molecule has 1 aliphatic carbocycles. The van der Waals surface area contributed by atoms with Gasteiger partial charge in [0.1, 0.15) is 0 Å². The molecule has 0 saturated heterocycles. The van der Waals surface area contributed by atoms with Gasteiger partial charge in [-0.05, 0) is 18.8 Å². The van der Waals surface area contributed by atoms with E-state index >= 15 is 0 Å². The first-order valence-electron chi connectivity index (χ1n) is 6.94. The molecule has 0 radical (unpaired) electrons. The van der Waals surface area contributed by atoms with E-state index in [0.717, 1.165) is 25.7 Å². The van der Waals surface area contributed by atoms with Crippen LogP contribution in [0, 0.1) is 5.92 Å². The summed E-state index contributed by atoms with van der Waals surface area (Å²) in [6, 6.07) is 0.131. The standard InChI is InChI=1S/C12H27N3O2S/c1-11(2)10-14-18(16,17)15(9-8-13)12-6-4-3-5-7-12/h11-12,14H,3-10,13H2,1-2H3. The Labute approximate surface area is 111 Å². The van der Waals surface area contributed by atoms with E-state index < -0.39 is 10.2 Å². The molecule has 0 atom stereocenters. The highest BCUT2D eigenvalue weighted by molar-refractivity contribution is 7.87. The highest BCUT2D eigenvalue weighted by Crippen LogP contribution is 2.24. The second-order valence-electron chi connectivity index (χ2n) is 5.44. The monoisotopic (exact) mass is 277 g/mol. The highest BCUT2D eigenvalue weighted by Gasteiger charge is 2.30. The Morgan fingerprint density at radius 2 is 1.89 bits per heavy atom. The van der Waals surface area contributed by atoms with Crippen molar-refractivity contribution in [2.45, 2.75) is 52.0 Å². The Balaban J connectivity index is 2.69. The Kier molecular flexibility index (Phi) is 6.55. The first kappa shape index (κ1) is 15.9. The summed E-state index contributed by atoms with van der Waals surface area (Å²) in [6.07, 6.45) is 5.37. The van der Waals surface area contributed by atoms with Crippen LogP contribution in [0.4, 0.5) is 0 Å². The SMILES string of the molecule is CC(C)CNS(=O)(=O)N(CCN)C1CCCCC1. The lowest BCUT2D eigenvalue weighted by atomic mass is 9.95. The Bertz CT molecular complexity index is 324. The molecule has 1 saturated carbocycles. The second-order valence-corrected chi connectivity index (χ2v) is 7.15. The summed E-state index contributed by atoms with van der Waals surface area (Å²) in [4.78, 5) is 0. The average Bonchev–Trinajstić information content (AvgIpc) is 2.34. The summed E-state index contributed by atoms with van der Waals surface area (Å²) in [5, 5.41) is 0. The van der Waals surface area contributed by atoms with E-state index in [0.29, 0.717) is 25.6 Å². The zero-order chi connectivity index (χ0) is 13.6. The van der Waals surface area contributed by atoms with Crippen LogP contribution in [0.3, 0.4) is 0 Å². The van der Waals surface area contributed by atoms with Crippen LogP contribution in [-0.2, 0) is 10.2 Å². The molecule has 18 heavy (non-hydrogen) atoms. The number of nitrogens with one attached hydrogen (secondary N) is 1. The fraction of sp³-hybridized carbons (Fsp3) is 1.00. The topological polar surface area (TPSA) is 75.4 Å². The maximum atomic E-state index is 12.3. The van der Waals surface area contributed by atoms with Crippen molar-refractivity contribution in [2.24, 2.45) is 11.7 Å². The predicted octanol–water partition coefficient (Wildman–Crippen LogP) is 1.07. The van der Waals surface area contributed by atoms with Crippen LogP contribution < -0.4 is 10.5 Å². The van der Waals surface area contributed by atoms with Crippen LogP contribution in [0.2, 0.25) is 0 Å². The number of hydrogen-bond acceptors (Lipinski definition) is 3. The van der Waals surface area contributed by atoms with Gasteiger partial charge in [-0.15, -0.1) is 0 Å². The summed E-state index contributed by atoms with van der Waals surface area (Å²) in [7, 11) is -3.38. The molecule has 5 nitrogen and oxygen atoms in total. The molecule has 3 N–H and O–H groups in total. The van der Waals surface area contributed by atoms with Crippen LogP contribution in [-0.4, -0.2) is 38.4 Å². The first-order valence-corrected chi connectivity index (χ1v) is 8.38. The Morgan fingerprint density at radius 3 is 2.39 bits per heavy atom. The van der Waals surface area contributed by atoms with Gasteiger partial charge in [0.2, 0.25) is 0 Å². The minimum atomic E-state index is -3.38. The fourth-order valence-electron chi connectivity index (χ4n) is 2.35. The Hall–Kier alpha value is -0.170. The summed E-state index contributed by atoms with van der Waals surface area (Å²) in [6.45, 7) is 5.26. The van der Waals surface area contributed by atoms with Crippen molar-refractivity contribution in [2.75, 3.05) is 19.6 Å². The molecule has 0 unspecified atom stereocenters. The van der Waals surface area contributed by atoms with E-state index in [1.807, 2.05) is 13.8 Å². The maximum Gasteiger partial charge on any atom is 0.279 e. The van der Waals surface area contributed by atoms with Crippen LogP contribution in [0.1, 0.15) is 46.0 Å². The number of nitrogens with zero attached hydrogens (tertiary/aromatic N) is 1. The molecular weight excluding hydrogens is 250 g/mol. The third-order valence-corrected chi connectivity index (χ3v) is 4.94. The molecule has 0 bridgehead atoms. The van der Waals surface area contributed by atoms with Crippen molar-refractivity contribution in [3.8, 4) is 0 Å². The molecule has 0 heterocycles. The van der Waals surface area contributed by atoms with Gasteiger partial charge < -0.3 is 5.73 Å². The lowest BCUT2D eigenvalue weighted by Gasteiger charge is -2.33. The van der Waals surface area contributed by atoms with Crippen molar-refractivity contribution in [1.29, 1.82) is 0 Å². The third-order valence-electron chi connectivity index (χ3n) is 3.31. The quantitative estimate of drug-likeness (QED) is 0.731. The van der Waals surface area contributed by atoms with Crippen LogP contribution in [0.15, 0.2) is 0 Å². The van der Waals surface area contributed by atoms with Gasteiger partial charge in [0.25, 0.3) is 10.2 Å². The summed E-state index contributed by atoms with van der Waals surface area (Å²) in [5.41, 5.74) is 5.55. The van der Waals surface area contributed by atoms with E-state index in [2.05, 4.69) is 4.72 Å². The van der Waals surface area contributed by atoms with E-state index in [-0.39, 0.29) is 6.04 Å². The number of rotatable bonds is 7. The second kappa shape index (κ2) is 7.43. The summed E-state index contributed by atoms with van der Waals surface area (Å²) in [5.74, 6) is 0.311. The fourth-order valence-corrected chi connectivity index (χ4v) is 4.01. The van der Waals surface area contributed by atoms with Gasteiger partial charge >= 0.3 is 0 Å². The minimum Gasteiger partial charge on any atom is -0.329 e. The van der Waals surface area contributed by atoms with Crippen molar-refractivity contribution in [3.05, 3.63) is 0 Å². The van der Waals surface area contributed by atoms with Gasteiger partial charge in [-0.1, -0.05) is 33.1 Å². The average molecular weight is 277 g/mol. The molecule has 1 rings (SSSR count). The van der Waals surface area contributed by atoms with E-state index in [4.69, 9.17) is 5.73 Å². The molecule has 0 aliphatic heterocycles. The smallest absolute Gasteiger partial charge is 0.279 e.